The smallest absolute Gasteiger partial charge is 0.0122 e. The number of rotatable bonds is 10. The van der Waals surface area contributed by atoms with Crippen LogP contribution in [0.4, 0.5) is 0 Å². The molecule has 114 valence electrons. The number of hydrogen-bond donors (Lipinski definition) is 0. The molecular formula is C18H37P. The van der Waals surface area contributed by atoms with Crippen LogP contribution in [0.1, 0.15) is 104 Å². The van der Waals surface area contributed by atoms with Gasteiger partial charge in [0.1, 0.15) is 0 Å². The van der Waals surface area contributed by atoms with Crippen molar-refractivity contribution in [2.45, 2.75) is 109 Å². The first-order chi connectivity index (χ1) is 9.23. The first kappa shape index (κ1) is 17.5. The quantitative estimate of drug-likeness (QED) is 0.308. The highest BCUT2D eigenvalue weighted by atomic mass is 31.0. The van der Waals surface area contributed by atoms with Gasteiger partial charge in [-0.15, -0.1) is 9.24 Å². The number of hydrogen-bond acceptors (Lipinski definition) is 0. The van der Waals surface area contributed by atoms with Gasteiger partial charge in [-0.05, 0) is 36.8 Å². The lowest BCUT2D eigenvalue weighted by molar-refractivity contribution is 0.234. The second kappa shape index (κ2) is 10.2. The van der Waals surface area contributed by atoms with Gasteiger partial charge < -0.3 is 0 Å². The molecule has 0 heterocycles. The summed E-state index contributed by atoms with van der Waals surface area (Å²) in [5.74, 6) is 1.00. The van der Waals surface area contributed by atoms with Gasteiger partial charge in [-0.3, -0.25) is 0 Å². The molecule has 19 heavy (non-hydrogen) atoms. The van der Waals surface area contributed by atoms with Gasteiger partial charge in [0.05, 0.1) is 0 Å². The average molecular weight is 284 g/mol. The summed E-state index contributed by atoms with van der Waals surface area (Å²) in [5.41, 5.74) is 0. The zero-order valence-electron chi connectivity index (χ0n) is 13.6. The minimum absolute atomic E-state index is 0.609. The normalized spacial score (nSPS) is 27.6. The molecule has 3 atom stereocenters. The van der Waals surface area contributed by atoms with Crippen LogP contribution in [0.15, 0.2) is 0 Å². The van der Waals surface area contributed by atoms with Crippen molar-refractivity contribution in [2.24, 2.45) is 5.92 Å². The Bertz CT molecular complexity index is 214. The van der Waals surface area contributed by atoms with E-state index in [-0.39, 0.29) is 0 Å². The maximum atomic E-state index is 3.31. The van der Waals surface area contributed by atoms with Gasteiger partial charge >= 0.3 is 0 Å². The molecule has 0 aromatic carbocycles. The van der Waals surface area contributed by atoms with Crippen LogP contribution in [0.3, 0.4) is 0 Å². The summed E-state index contributed by atoms with van der Waals surface area (Å²) in [6, 6.07) is 0. The Hall–Kier alpha value is 0.430. The molecule has 0 aliphatic heterocycles. The maximum absolute atomic E-state index is 3.31. The van der Waals surface area contributed by atoms with Crippen molar-refractivity contribution in [3.8, 4) is 0 Å². The fourth-order valence-electron chi connectivity index (χ4n) is 3.80. The molecule has 0 aromatic heterocycles. The third-order valence-corrected chi connectivity index (χ3v) is 6.21. The molecule has 0 saturated heterocycles. The lowest BCUT2D eigenvalue weighted by Crippen LogP contribution is -2.34. The summed E-state index contributed by atoms with van der Waals surface area (Å²) in [6.07, 6.45) is 20.4. The van der Waals surface area contributed by atoms with Crippen molar-refractivity contribution >= 4 is 9.24 Å². The molecule has 0 amide bonds. The fourth-order valence-corrected chi connectivity index (χ4v) is 4.54. The van der Waals surface area contributed by atoms with Crippen molar-refractivity contribution in [3.05, 3.63) is 0 Å². The molecule has 1 rings (SSSR count). The monoisotopic (exact) mass is 284 g/mol. The topological polar surface area (TPSA) is 0 Å². The summed E-state index contributed by atoms with van der Waals surface area (Å²) < 4.78 is 0. The van der Waals surface area contributed by atoms with Gasteiger partial charge in [0.15, 0.2) is 0 Å². The van der Waals surface area contributed by atoms with E-state index in [4.69, 9.17) is 0 Å². The molecule has 1 aliphatic carbocycles. The molecule has 0 spiro atoms. The SMILES string of the molecule is CCCCCCC1CCCCC1(P)CCCCCC. The van der Waals surface area contributed by atoms with Gasteiger partial charge in [-0.25, -0.2) is 0 Å². The first-order valence-corrected chi connectivity index (χ1v) is 9.59. The van der Waals surface area contributed by atoms with E-state index in [9.17, 15) is 0 Å². The van der Waals surface area contributed by atoms with Crippen molar-refractivity contribution in [3.63, 3.8) is 0 Å². The Labute approximate surface area is 124 Å². The Balaban J connectivity index is 2.32. The molecule has 1 aliphatic rings. The third-order valence-electron chi connectivity index (χ3n) is 5.16. The van der Waals surface area contributed by atoms with Gasteiger partial charge in [0, 0.05) is 0 Å². The van der Waals surface area contributed by atoms with Crippen LogP contribution in [0.2, 0.25) is 0 Å². The van der Waals surface area contributed by atoms with Gasteiger partial charge in [-0.1, -0.05) is 78.1 Å². The van der Waals surface area contributed by atoms with Crippen molar-refractivity contribution in [1.29, 1.82) is 0 Å². The van der Waals surface area contributed by atoms with E-state index in [0.717, 1.165) is 5.92 Å². The molecule has 3 unspecified atom stereocenters. The van der Waals surface area contributed by atoms with E-state index in [1.807, 2.05) is 0 Å². The second-order valence-corrected chi connectivity index (χ2v) is 7.99. The first-order valence-electron chi connectivity index (χ1n) is 9.02. The average Bonchev–Trinajstić information content (AvgIpc) is 2.42. The zero-order valence-corrected chi connectivity index (χ0v) is 14.7. The summed E-state index contributed by atoms with van der Waals surface area (Å²) in [7, 11) is 3.31. The van der Waals surface area contributed by atoms with Crippen molar-refractivity contribution in [2.75, 3.05) is 0 Å². The van der Waals surface area contributed by atoms with Crippen LogP contribution in [-0.4, -0.2) is 5.16 Å². The molecule has 1 fully saturated rings. The minimum Gasteiger partial charge on any atom is -0.131 e. The van der Waals surface area contributed by atoms with Crippen LogP contribution in [-0.2, 0) is 0 Å². The summed E-state index contributed by atoms with van der Waals surface area (Å²) >= 11 is 0. The minimum atomic E-state index is 0.609. The molecular weight excluding hydrogens is 247 g/mol. The van der Waals surface area contributed by atoms with E-state index in [0.29, 0.717) is 5.16 Å². The van der Waals surface area contributed by atoms with Crippen LogP contribution in [0.25, 0.3) is 0 Å². The predicted octanol–water partition coefficient (Wildman–Crippen LogP) is 6.73. The van der Waals surface area contributed by atoms with Gasteiger partial charge in [-0.2, -0.15) is 0 Å². The Morgan fingerprint density at radius 3 is 2.26 bits per heavy atom. The molecule has 0 nitrogen and oxygen atoms in total. The Morgan fingerprint density at radius 2 is 1.58 bits per heavy atom. The molecule has 1 heteroatoms. The summed E-state index contributed by atoms with van der Waals surface area (Å²) in [5, 5.41) is 0.609. The molecule has 0 bridgehead atoms. The maximum Gasteiger partial charge on any atom is -0.0122 e. The molecule has 0 N–H and O–H groups in total. The highest BCUT2D eigenvalue weighted by Crippen LogP contribution is 2.46. The number of unbranched alkanes of at least 4 members (excludes halogenated alkanes) is 6. The predicted molar refractivity (Wildman–Crippen MR) is 91.9 cm³/mol. The van der Waals surface area contributed by atoms with Crippen molar-refractivity contribution in [1.82, 2.24) is 0 Å². The zero-order chi connectivity index (χ0) is 14.0. The lowest BCUT2D eigenvalue weighted by atomic mass is 9.73. The summed E-state index contributed by atoms with van der Waals surface area (Å²) in [6.45, 7) is 4.63. The summed E-state index contributed by atoms with van der Waals surface area (Å²) in [4.78, 5) is 0. The van der Waals surface area contributed by atoms with E-state index >= 15 is 0 Å². The van der Waals surface area contributed by atoms with Gasteiger partial charge in [0.25, 0.3) is 0 Å². The molecule has 0 radical (unpaired) electrons. The molecule has 0 aromatic rings. The van der Waals surface area contributed by atoms with E-state index in [1.54, 1.807) is 0 Å². The van der Waals surface area contributed by atoms with E-state index in [2.05, 4.69) is 23.1 Å². The van der Waals surface area contributed by atoms with Crippen LogP contribution in [0.5, 0.6) is 0 Å². The Kier molecular flexibility index (Phi) is 9.38. The highest BCUT2D eigenvalue weighted by Gasteiger charge is 2.35. The second-order valence-electron chi connectivity index (χ2n) is 6.84. The largest absolute Gasteiger partial charge is 0.131 e. The van der Waals surface area contributed by atoms with Crippen molar-refractivity contribution < 1.29 is 0 Å². The third kappa shape index (κ3) is 6.61. The van der Waals surface area contributed by atoms with E-state index < -0.39 is 0 Å². The fraction of sp³-hybridized carbons (Fsp3) is 1.00. The van der Waals surface area contributed by atoms with Crippen LogP contribution >= 0.6 is 9.24 Å². The molecule has 1 saturated carbocycles. The lowest BCUT2D eigenvalue weighted by Gasteiger charge is -2.42. The highest BCUT2D eigenvalue weighted by molar-refractivity contribution is 7.19. The van der Waals surface area contributed by atoms with Crippen LogP contribution < -0.4 is 0 Å². The van der Waals surface area contributed by atoms with E-state index in [1.165, 1.54) is 89.9 Å². The Morgan fingerprint density at radius 1 is 0.895 bits per heavy atom. The standard InChI is InChI=1S/C18H37P/c1-3-5-7-9-13-17-14-10-12-16-18(17,19)15-11-8-6-4-2/h17H,3-16,19H2,1-2H3. The van der Waals surface area contributed by atoms with Gasteiger partial charge in [0.2, 0.25) is 0 Å². The van der Waals surface area contributed by atoms with Crippen LogP contribution in [0, 0.1) is 5.92 Å².